The molecular weight excluding hydrogens is 338 g/mol. The lowest BCUT2D eigenvalue weighted by atomic mass is 10.1. The molecule has 7 heteroatoms. The standard InChI is InChI=1S/C18H22ClN5O/c1-2-12-5-9-15(10-6-12)21-17-16(22-24-23-17)18(25)20-11-13-3-7-14(19)8-4-13/h3-10,16-17,21-24H,2,11H2,1H3,(H,20,25). The number of hydrazine groups is 2. The third-order valence-corrected chi connectivity index (χ3v) is 4.39. The van der Waals surface area contributed by atoms with Crippen molar-refractivity contribution >= 4 is 23.2 Å². The molecule has 2 aromatic rings. The lowest BCUT2D eigenvalue weighted by molar-refractivity contribution is -0.123. The molecule has 1 heterocycles. The van der Waals surface area contributed by atoms with Gasteiger partial charge in [0.2, 0.25) is 5.91 Å². The first kappa shape index (κ1) is 17.7. The lowest BCUT2D eigenvalue weighted by Gasteiger charge is -2.20. The van der Waals surface area contributed by atoms with Gasteiger partial charge in [0.05, 0.1) is 0 Å². The zero-order valence-electron chi connectivity index (χ0n) is 14.0. The molecule has 0 radical (unpaired) electrons. The summed E-state index contributed by atoms with van der Waals surface area (Å²) in [5.74, 6) is -0.102. The fraction of sp³-hybridized carbons (Fsp3) is 0.278. The van der Waals surface area contributed by atoms with Crippen molar-refractivity contribution in [3.05, 3.63) is 64.7 Å². The quantitative estimate of drug-likeness (QED) is 0.545. The Morgan fingerprint density at radius 2 is 1.72 bits per heavy atom. The summed E-state index contributed by atoms with van der Waals surface area (Å²) in [6.07, 6.45) is 0.735. The van der Waals surface area contributed by atoms with Gasteiger partial charge in [0, 0.05) is 17.3 Å². The van der Waals surface area contributed by atoms with Crippen LogP contribution in [0.5, 0.6) is 0 Å². The Morgan fingerprint density at radius 3 is 2.40 bits per heavy atom. The molecule has 0 spiro atoms. The average molecular weight is 360 g/mol. The highest BCUT2D eigenvalue weighted by molar-refractivity contribution is 6.30. The van der Waals surface area contributed by atoms with Crippen LogP contribution >= 0.6 is 11.6 Å². The largest absolute Gasteiger partial charge is 0.367 e. The molecule has 0 aromatic heterocycles. The molecule has 1 fully saturated rings. The molecule has 5 N–H and O–H groups in total. The third kappa shape index (κ3) is 4.70. The van der Waals surface area contributed by atoms with E-state index in [1.54, 1.807) is 0 Å². The predicted octanol–water partition coefficient (Wildman–Crippen LogP) is 1.94. The van der Waals surface area contributed by atoms with Crippen molar-refractivity contribution in [1.82, 2.24) is 21.7 Å². The minimum absolute atomic E-state index is 0.102. The van der Waals surface area contributed by atoms with E-state index < -0.39 is 6.04 Å². The number of carbonyl (C=O) groups is 1. The first-order valence-corrected chi connectivity index (χ1v) is 8.67. The number of carbonyl (C=O) groups excluding carboxylic acids is 1. The van der Waals surface area contributed by atoms with Gasteiger partial charge < -0.3 is 10.6 Å². The highest BCUT2D eigenvalue weighted by Crippen LogP contribution is 2.13. The minimum Gasteiger partial charge on any atom is -0.367 e. The Labute approximate surface area is 152 Å². The summed E-state index contributed by atoms with van der Waals surface area (Å²) in [5, 5.41) is 6.92. The number of nitrogens with one attached hydrogen (secondary N) is 5. The van der Waals surface area contributed by atoms with E-state index in [9.17, 15) is 4.79 Å². The van der Waals surface area contributed by atoms with Gasteiger partial charge in [-0.25, -0.2) is 10.9 Å². The number of aryl methyl sites for hydroxylation is 1. The summed E-state index contributed by atoms with van der Waals surface area (Å²) in [7, 11) is 0. The van der Waals surface area contributed by atoms with Crippen LogP contribution in [-0.2, 0) is 17.8 Å². The van der Waals surface area contributed by atoms with Crippen LogP contribution in [0.15, 0.2) is 48.5 Å². The molecule has 2 aromatic carbocycles. The van der Waals surface area contributed by atoms with Gasteiger partial charge in [0.15, 0.2) is 0 Å². The number of rotatable bonds is 6. The summed E-state index contributed by atoms with van der Waals surface area (Å²) in [5.41, 5.74) is 12.0. The second kappa shape index (κ2) is 8.31. The summed E-state index contributed by atoms with van der Waals surface area (Å²) in [6.45, 7) is 2.57. The molecule has 0 aliphatic carbocycles. The smallest absolute Gasteiger partial charge is 0.242 e. The molecule has 1 aliphatic rings. The van der Waals surface area contributed by atoms with Gasteiger partial charge in [0.1, 0.15) is 12.2 Å². The number of hydrogen-bond donors (Lipinski definition) is 5. The predicted molar refractivity (Wildman–Crippen MR) is 99.7 cm³/mol. The number of amides is 1. The van der Waals surface area contributed by atoms with Gasteiger partial charge >= 0.3 is 0 Å². The van der Waals surface area contributed by atoms with Gasteiger partial charge in [-0.15, -0.1) is 0 Å². The maximum absolute atomic E-state index is 12.5. The van der Waals surface area contributed by atoms with Gasteiger partial charge in [-0.05, 0) is 41.8 Å². The van der Waals surface area contributed by atoms with E-state index in [-0.39, 0.29) is 12.1 Å². The Balaban J connectivity index is 1.56. The van der Waals surface area contributed by atoms with Gasteiger partial charge in [-0.3, -0.25) is 4.79 Å². The van der Waals surface area contributed by atoms with Crippen molar-refractivity contribution in [2.45, 2.75) is 32.1 Å². The number of anilines is 1. The van der Waals surface area contributed by atoms with Crippen LogP contribution in [0.25, 0.3) is 0 Å². The molecule has 2 unspecified atom stereocenters. The van der Waals surface area contributed by atoms with E-state index in [0.29, 0.717) is 11.6 Å². The van der Waals surface area contributed by atoms with Crippen LogP contribution in [-0.4, -0.2) is 18.1 Å². The summed E-state index contributed by atoms with van der Waals surface area (Å²) in [6, 6.07) is 15.1. The maximum atomic E-state index is 12.5. The fourth-order valence-corrected chi connectivity index (χ4v) is 2.74. The Morgan fingerprint density at radius 1 is 1.04 bits per heavy atom. The molecule has 1 aliphatic heterocycles. The van der Waals surface area contributed by atoms with E-state index in [2.05, 4.69) is 46.1 Å². The van der Waals surface area contributed by atoms with Crippen molar-refractivity contribution < 1.29 is 4.79 Å². The SMILES string of the molecule is CCc1ccc(NC2NNNC2C(=O)NCc2ccc(Cl)cc2)cc1. The Kier molecular flexibility index (Phi) is 5.88. The van der Waals surface area contributed by atoms with Crippen LogP contribution in [0.1, 0.15) is 18.1 Å². The van der Waals surface area contributed by atoms with Crippen LogP contribution < -0.4 is 27.0 Å². The van der Waals surface area contributed by atoms with Crippen molar-refractivity contribution in [1.29, 1.82) is 0 Å². The summed E-state index contributed by atoms with van der Waals surface area (Å²) >= 11 is 5.87. The zero-order chi connectivity index (χ0) is 17.6. The molecule has 0 saturated carbocycles. The molecule has 1 saturated heterocycles. The molecule has 1 amide bonds. The molecule has 2 atom stereocenters. The molecular formula is C18H22ClN5O. The summed E-state index contributed by atoms with van der Waals surface area (Å²) < 4.78 is 0. The molecule has 0 bridgehead atoms. The van der Waals surface area contributed by atoms with Crippen molar-refractivity contribution in [2.75, 3.05) is 5.32 Å². The number of hydrogen-bond acceptors (Lipinski definition) is 5. The normalized spacial score (nSPS) is 19.6. The van der Waals surface area contributed by atoms with Crippen molar-refractivity contribution in [3.8, 4) is 0 Å². The summed E-state index contributed by atoms with van der Waals surface area (Å²) in [4.78, 5) is 12.5. The van der Waals surface area contributed by atoms with E-state index in [1.165, 1.54) is 5.56 Å². The van der Waals surface area contributed by atoms with E-state index in [4.69, 9.17) is 11.6 Å². The van der Waals surface area contributed by atoms with Gasteiger partial charge in [-0.2, -0.15) is 5.53 Å². The minimum atomic E-state index is -0.446. The Hall–Kier alpha value is -2.12. The Bertz CT molecular complexity index is 704. The molecule has 6 nitrogen and oxygen atoms in total. The van der Waals surface area contributed by atoms with Crippen molar-refractivity contribution in [3.63, 3.8) is 0 Å². The monoisotopic (exact) mass is 359 g/mol. The first-order valence-electron chi connectivity index (χ1n) is 8.29. The fourth-order valence-electron chi connectivity index (χ4n) is 2.62. The van der Waals surface area contributed by atoms with Crippen LogP contribution in [0.4, 0.5) is 5.69 Å². The second-order valence-corrected chi connectivity index (χ2v) is 6.34. The number of benzene rings is 2. The van der Waals surface area contributed by atoms with Crippen LogP contribution in [0.2, 0.25) is 5.02 Å². The third-order valence-electron chi connectivity index (χ3n) is 4.14. The molecule has 25 heavy (non-hydrogen) atoms. The maximum Gasteiger partial charge on any atom is 0.242 e. The topological polar surface area (TPSA) is 77.2 Å². The molecule has 3 rings (SSSR count). The molecule has 132 valence electrons. The highest BCUT2D eigenvalue weighted by atomic mass is 35.5. The second-order valence-electron chi connectivity index (χ2n) is 5.91. The number of halogens is 1. The van der Waals surface area contributed by atoms with Crippen molar-refractivity contribution in [2.24, 2.45) is 0 Å². The van der Waals surface area contributed by atoms with Crippen LogP contribution in [0.3, 0.4) is 0 Å². The lowest BCUT2D eigenvalue weighted by Crippen LogP contribution is -2.50. The van der Waals surface area contributed by atoms with Gasteiger partial charge in [-0.1, -0.05) is 42.8 Å². The highest BCUT2D eigenvalue weighted by Gasteiger charge is 2.32. The zero-order valence-corrected chi connectivity index (χ0v) is 14.7. The van der Waals surface area contributed by atoms with E-state index >= 15 is 0 Å². The van der Waals surface area contributed by atoms with E-state index in [1.807, 2.05) is 36.4 Å². The van der Waals surface area contributed by atoms with E-state index in [0.717, 1.165) is 17.7 Å². The van der Waals surface area contributed by atoms with Gasteiger partial charge in [0.25, 0.3) is 0 Å². The average Bonchev–Trinajstić information content (AvgIpc) is 3.10. The first-order chi connectivity index (χ1) is 12.2. The van der Waals surface area contributed by atoms with Crippen LogP contribution in [0, 0.1) is 0 Å².